The van der Waals surface area contributed by atoms with Gasteiger partial charge in [0.05, 0.1) is 19.8 Å². The molecule has 1 saturated carbocycles. The number of aliphatic hydroxyl groups excluding tert-OH is 1. The molecule has 2 saturated heterocycles. The maximum absolute atomic E-state index is 9.33. The van der Waals surface area contributed by atoms with E-state index in [4.69, 9.17) is 9.47 Å². The Bertz CT molecular complexity index is 321. The van der Waals surface area contributed by atoms with Crippen LogP contribution in [0.5, 0.6) is 0 Å². The molecule has 130 valence electrons. The van der Waals surface area contributed by atoms with Crippen LogP contribution in [0, 0.1) is 11.3 Å². The first-order chi connectivity index (χ1) is 10.3. The normalized spacial score (nSPS) is 38.9. The fourth-order valence-corrected chi connectivity index (χ4v) is 4.24. The first-order valence-electron chi connectivity index (χ1n) is 8.56. The van der Waals surface area contributed by atoms with Gasteiger partial charge in [-0.3, -0.25) is 0 Å². The maximum Gasteiger partial charge on any atom is 0.0623 e. The minimum atomic E-state index is 0. The van der Waals surface area contributed by atoms with Crippen molar-refractivity contribution in [3.8, 4) is 0 Å². The second-order valence-electron chi connectivity index (χ2n) is 6.99. The summed E-state index contributed by atoms with van der Waals surface area (Å²) in [6.45, 7) is 5.55. The lowest BCUT2D eigenvalue weighted by atomic mass is 9.83. The average molecular weight is 335 g/mol. The van der Waals surface area contributed by atoms with Crippen LogP contribution in [0.2, 0.25) is 0 Å². The predicted octanol–water partition coefficient (Wildman–Crippen LogP) is 0.944. The van der Waals surface area contributed by atoms with Crippen molar-refractivity contribution >= 4 is 12.4 Å². The minimum Gasteiger partial charge on any atom is -0.396 e. The highest BCUT2D eigenvalue weighted by Gasteiger charge is 2.38. The molecule has 0 aromatic heterocycles. The third kappa shape index (κ3) is 4.34. The molecule has 4 atom stereocenters. The van der Waals surface area contributed by atoms with Crippen LogP contribution in [0.25, 0.3) is 0 Å². The van der Waals surface area contributed by atoms with Gasteiger partial charge in [-0.15, -0.1) is 12.4 Å². The molecule has 3 N–H and O–H groups in total. The summed E-state index contributed by atoms with van der Waals surface area (Å²) in [6, 6.07) is 1.09. The summed E-state index contributed by atoms with van der Waals surface area (Å²) in [4.78, 5) is 0. The van der Waals surface area contributed by atoms with Crippen molar-refractivity contribution in [3.63, 3.8) is 0 Å². The van der Waals surface area contributed by atoms with Crippen LogP contribution in [0.3, 0.4) is 0 Å². The van der Waals surface area contributed by atoms with Gasteiger partial charge in [0.25, 0.3) is 0 Å². The van der Waals surface area contributed by atoms with E-state index in [0.717, 1.165) is 52.4 Å². The van der Waals surface area contributed by atoms with Crippen LogP contribution in [-0.2, 0) is 9.47 Å². The van der Waals surface area contributed by atoms with Crippen molar-refractivity contribution in [1.82, 2.24) is 10.6 Å². The van der Waals surface area contributed by atoms with Crippen molar-refractivity contribution in [2.75, 3.05) is 46.1 Å². The molecule has 0 bridgehead atoms. The number of aliphatic hydroxyl groups is 1. The molecule has 4 unspecified atom stereocenters. The number of rotatable bonds is 6. The SMILES string of the molecule is Cl.OCCC1(CNC2CCCC2C2COCCN2)CCOC1. The van der Waals surface area contributed by atoms with Crippen LogP contribution < -0.4 is 10.6 Å². The average Bonchev–Trinajstić information content (AvgIpc) is 3.16. The van der Waals surface area contributed by atoms with Gasteiger partial charge >= 0.3 is 0 Å². The first kappa shape index (κ1) is 18.4. The van der Waals surface area contributed by atoms with E-state index in [-0.39, 0.29) is 24.4 Å². The van der Waals surface area contributed by atoms with Crippen molar-refractivity contribution < 1.29 is 14.6 Å². The molecule has 2 aliphatic heterocycles. The van der Waals surface area contributed by atoms with Gasteiger partial charge in [-0.05, 0) is 31.6 Å². The highest BCUT2D eigenvalue weighted by molar-refractivity contribution is 5.85. The van der Waals surface area contributed by atoms with E-state index in [1.807, 2.05) is 0 Å². The Morgan fingerprint density at radius 2 is 2.14 bits per heavy atom. The fourth-order valence-electron chi connectivity index (χ4n) is 4.24. The van der Waals surface area contributed by atoms with Gasteiger partial charge in [-0.1, -0.05) is 6.42 Å². The highest BCUT2D eigenvalue weighted by atomic mass is 35.5. The fraction of sp³-hybridized carbons (Fsp3) is 1.00. The Balaban J connectivity index is 0.00000176. The number of morpholine rings is 1. The lowest BCUT2D eigenvalue weighted by Gasteiger charge is -2.35. The van der Waals surface area contributed by atoms with Crippen molar-refractivity contribution in [2.45, 2.75) is 44.2 Å². The van der Waals surface area contributed by atoms with Gasteiger partial charge in [-0.25, -0.2) is 0 Å². The van der Waals surface area contributed by atoms with Gasteiger partial charge < -0.3 is 25.2 Å². The third-order valence-electron chi connectivity index (χ3n) is 5.60. The molecule has 3 fully saturated rings. The van der Waals surface area contributed by atoms with E-state index in [2.05, 4.69) is 10.6 Å². The summed E-state index contributed by atoms with van der Waals surface area (Å²) in [5.74, 6) is 0.679. The topological polar surface area (TPSA) is 62.8 Å². The molecule has 0 aromatic rings. The molecular formula is C16H31ClN2O3. The van der Waals surface area contributed by atoms with Gasteiger partial charge in [0.2, 0.25) is 0 Å². The largest absolute Gasteiger partial charge is 0.396 e. The predicted molar refractivity (Wildman–Crippen MR) is 88.6 cm³/mol. The number of ether oxygens (including phenoxy) is 2. The van der Waals surface area contributed by atoms with Crippen molar-refractivity contribution in [3.05, 3.63) is 0 Å². The molecule has 0 amide bonds. The molecule has 3 rings (SSSR count). The summed E-state index contributed by atoms with van der Waals surface area (Å²) in [5, 5.41) is 16.8. The van der Waals surface area contributed by atoms with E-state index in [0.29, 0.717) is 18.0 Å². The lowest BCUT2D eigenvalue weighted by Crippen LogP contribution is -2.52. The van der Waals surface area contributed by atoms with Crippen molar-refractivity contribution in [1.29, 1.82) is 0 Å². The summed E-state index contributed by atoms with van der Waals surface area (Å²) in [7, 11) is 0. The summed E-state index contributed by atoms with van der Waals surface area (Å²) in [5.41, 5.74) is 0.151. The van der Waals surface area contributed by atoms with E-state index in [1.54, 1.807) is 0 Å². The van der Waals surface area contributed by atoms with Gasteiger partial charge in [0.1, 0.15) is 0 Å². The van der Waals surface area contributed by atoms with Crippen LogP contribution in [0.1, 0.15) is 32.1 Å². The van der Waals surface area contributed by atoms with E-state index in [9.17, 15) is 5.11 Å². The van der Waals surface area contributed by atoms with Gasteiger partial charge in [0, 0.05) is 43.8 Å². The molecule has 22 heavy (non-hydrogen) atoms. The Morgan fingerprint density at radius 3 is 2.82 bits per heavy atom. The zero-order chi connectivity index (χ0) is 14.5. The minimum absolute atomic E-state index is 0. The molecule has 3 aliphatic rings. The van der Waals surface area contributed by atoms with Crippen LogP contribution in [0.4, 0.5) is 0 Å². The number of halogens is 1. The van der Waals surface area contributed by atoms with Crippen LogP contribution in [-0.4, -0.2) is 63.3 Å². The molecule has 6 heteroatoms. The molecule has 0 radical (unpaired) electrons. The lowest BCUT2D eigenvalue weighted by molar-refractivity contribution is 0.0506. The molecule has 5 nitrogen and oxygen atoms in total. The maximum atomic E-state index is 9.33. The second-order valence-corrected chi connectivity index (χ2v) is 6.99. The van der Waals surface area contributed by atoms with E-state index < -0.39 is 0 Å². The molecular weight excluding hydrogens is 304 g/mol. The standard InChI is InChI=1S/C16H30N2O3.ClH/c19-7-4-16(5-8-21-12-16)11-18-14-3-1-2-13(14)15-10-20-9-6-17-15;/h13-15,17-19H,1-12H2;1H. The van der Waals surface area contributed by atoms with Gasteiger partial charge in [0.15, 0.2) is 0 Å². The Hall–Kier alpha value is 0.0900. The molecule has 1 aliphatic carbocycles. The quantitative estimate of drug-likeness (QED) is 0.675. The second kappa shape index (κ2) is 8.81. The Labute approximate surface area is 139 Å². The van der Waals surface area contributed by atoms with Crippen LogP contribution in [0.15, 0.2) is 0 Å². The van der Waals surface area contributed by atoms with Crippen LogP contribution >= 0.6 is 12.4 Å². The zero-order valence-electron chi connectivity index (χ0n) is 13.4. The molecule has 2 heterocycles. The highest BCUT2D eigenvalue weighted by Crippen LogP contribution is 2.34. The number of hydrogen-bond acceptors (Lipinski definition) is 5. The Kier molecular flexibility index (Phi) is 7.38. The van der Waals surface area contributed by atoms with Gasteiger partial charge in [-0.2, -0.15) is 0 Å². The Morgan fingerprint density at radius 1 is 1.23 bits per heavy atom. The molecule has 0 aromatic carbocycles. The summed E-state index contributed by atoms with van der Waals surface area (Å²) >= 11 is 0. The number of nitrogens with one attached hydrogen (secondary N) is 2. The monoisotopic (exact) mass is 334 g/mol. The summed E-state index contributed by atoms with van der Waals surface area (Å²) in [6.07, 6.45) is 5.79. The smallest absolute Gasteiger partial charge is 0.0623 e. The molecule has 0 spiro atoms. The number of hydrogen-bond donors (Lipinski definition) is 3. The first-order valence-corrected chi connectivity index (χ1v) is 8.56. The zero-order valence-corrected chi connectivity index (χ0v) is 14.2. The third-order valence-corrected chi connectivity index (χ3v) is 5.60. The summed E-state index contributed by atoms with van der Waals surface area (Å²) < 4.78 is 11.2. The van der Waals surface area contributed by atoms with E-state index in [1.165, 1.54) is 19.3 Å². The van der Waals surface area contributed by atoms with Crippen molar-refractivity contribution in [2.24, 2.45) is 11.3 Å². The van der Waals surface area contributed by atoms with E-state index >= 15 is 0 Å².